The van der Waals surface area contributed by atoms with Crippen LogP contribution in [-0.4, -0.2) is 34.4 Å². The smallest absolute Gasteiger partial charge is 0.338 e. The van der Waals surface area contributed by atoms with Gasteiger partial charge in [-0.3, -0.25) is 0 Å². The molecule has 3 aromatic rings. The predicted octanol–water partition coefficient (Wildman–Crippen LogP) is 4.40. The maximum absolute atomic E-state index is 11.9. The summed E-state index contributed by atoms with van der Waals surface area (Å²) in [5.41, 5.74) is 2.41. The Balaban J connectivity index is 1.43. The second-order valence-corrected chi connectivity index (χ2v) is 8.87. The number of hydrogen-bond acceptors (Lipinski definition) is 7. The molecule has 8 heteroatoms. The summed E-state index contributed by atoms with van der Waals surface area (Å²) < 4.78 is 43.4. The third-order valence-electron chi connectivity index (χ3n) is 4.69. The Morgan fingerprint density at radius 3 is 2.09 bits per heavy atom. The Labute approximate surface area is 194 Å². The van der Waals surface area contributed by atoms with Gasteiger partial charge in [0.05, 0.1) is 25.5 Å². The number of carbonyl (C=O) groups excluding carboxylic acids is 1. The third-order valence-corrected chi connectivity index (χ3v) is 5.19. The molecular formula is C25H26O7S. The van der Waals surface area contributed by atoms with Crippen molar-refractivity contribution < 1.29 is 31.6 Å². The molecule has 174 valence electrons. The molecule has 33 heavy (non-hydrogen) atoms. The summed E-state index contributed by atoms with van der Waals surface area (Å²) in [6.45, 7) is 0.793. The van der Waals surface area contributed by atoms with Gasteiger partial charge in [-0.05, 0) is 60.9 Å². The number of benzene rings is 3. The molecule has 0 spiro atoms. The van der Waals surface area contributed by atoms with Gasteiger partial charge in [0.1, 0.15) is 23.9 Å². The molecule has 0 atom stereocenters. The lowest BCUT2D eigenvalue weighted by Crippen LogP contribution is -2.07. The van der Waals surface area contributed by atoms with Crippen LogP contribution in [0.5, 0.6) is 17.2 Å². The fourth-order valence-corrected chi connectivity index (χ4v) is 3.56. The summed E-state index contributed by atoms with van der Waals surface area (Å²) in [4.78, 5) is 11.9. The largest absolute Gasteiger partial charge is 0.494 e. The first-order valence-corrected chi connectivity index (χ1v) is 12.2. The van der Waals surface area contributed by atoms with Gasteiger partial charge in [-0.15, -0.1) is 0 Å². The lowest BCUT2D eigenvalue weighted by atomic mass is 10.1. The van der Waals surface area contributed by atoms with Crippen molar-refractivity contribution in [1.29, 1.82) is 0 Å². The summed E-state index contributed by atoms with van der Waals surface area (Å²) in [6.07, 6.45) is 2.65. The van der Waals surface area contributed by atoms with Crippen molar-refractivity contribution in [3.63, 3.8) is 0 Å². The van der Waals surface area contributed by atoms with E-state index in [9.17, 15) is 13.2 Å². The van der Waals surface area contributed by atoms with Crippen molar-refractivity contribution in [2.75, 3.05) is 20.0 Å². The molecule has 0 aliphatic heterocycles. The van der Waals surface area contributed by atoms with Crippen LogP contribution in [-0.2, 0) is 27.9 Å². The number of ether oxygens (including phenoxy) is 3. The normalized spacial score (nSPS) is 11.0. The molecule has 3 aromatic carbocycles. The molecule has 7 nitrogen and oxygen atoms in total. The summed E-state index contributed by atoms with van der Waals surface area (Å²) >= 11 is 0. The van der Waals surface area contributed by atoms with Crippen LogP contribution in [0.1, 0.15) is 27.9 Å². The lowest BCUT2D eigenvalue weighted by Gasteiger charge is -2.11. The average Bonchev–Trinajstić information content (AvgIpc) is 2.81. The minimum atomic E-state index is -3.54. The molecule has 0 aromatic heterocycles. The van der Waals surface area contributed by atoms with Crippen molar-refractivity contribution in [1.82, 2.24) is 0 Å². The van der Waals surface area contributed by atoms with Gasteiger partial charge in [0.2, 0.25) is 0 Å². The molecule has 3 rings (SSSR count). The van der Waals surface area contributed by atoms with Gasteiger partial charge in [0.25, 0.3) is 0 Å². The first-order valence-electron chi connectivity index (χ1n) is 10.3. The average molecular weight is 471 g/mol. The van der Waals surface area contributed by atoms with Gasteiger partial charge in [0.15, 0.2) is 0 Å². The number of hydrogen-bond donors (Lipinski definition) is 0. The molecule has 0 unspecified atom stereocenters. The molecule has 0 amide bonds. The van der Waals surface area contributed by atoms with Gasteiger partial charge in [-0.2, -0.15) is 8.42 Å². The van der Waals surface area contributed by atoms with Crippen molar-refractivity contribution >= 4 is 16.1 Å². The number of esters is 1. The van der Waals surface area contributed by atoms with E-state index in [1.54, 1.807) is 36.4 Å². The highest BCUT2D eigenvalue weighted by Gasteiger charge is 2.11. The van der Waals surface area contributed by atoms with Crippen LogP contribution in [0, 0.1) is 0 Å². The monoisotopic (exact) mass is 470 g/mol. The molecule has 0 aliphatic rings. The standard InChI is InChI=1S/C25H26O7S/c1-29-25(26)24-8-4-3-7-20(24)18-31-22-11-9-19(10-12-22)6-5-17-30-21-13-15-23(16-14-21)32-33(2,27)28/h3-4,7-16H,5-6,17-18H2,1-2H3. The SMILES string of the molecule is COC(=O)c1ccccc1COc1ccc(CCCOc2ccc(OS(C)(=O)=O)cc2)cc1. The van der Waals surface area contributed by atoms with E-state index >= 15 is 0 Å². The van der Waals surface area contributed by atoms with E-state index in [2.05, 4.69) is 0 Å². The molecule has 0 saturated heterocycles. The Kier molecular flexibility index (Phi) is 8.32. The minimum Gasteiger partial charge on any atom is -0.494 e. The number of aryl methyl sites for hydroxylation is 1. The van der Waals surface area contributed by atoms with E-state index in [-0.39, 0.29) is 18.3 Å². The molecule has 0 fully saturated rings. The summed E-state index contributed by atoms with van der Waals surface area (Å²) in [5.74, 6) is 1.23. The number of rotatable bonds is 11. The summed E-state index contributed by atoms with van der Waals surface area (Å²) in [7, 11) is -2.18. The highest BCUT2D eigenvalue weighted by molar-refractivity contribution is 7.86. The molecule has 0 bridgehead atoms. The van der Waals surface area contributed by atoms with Crippen LogP contribution in [0.15, 0.2) is 72.8 Å². The lowest BCUT2D eigenvalue weighted by molar-refractivity contribution is 0.0597. The number of carbonyl (C=O) groups is 1. The fourth-order valence-electron chi connectivity index (χ4n) is 3.10. The zero-order valence-corrected chi connectivity index (χ0v) is 19.3. The Hall–Kier alpha value is -3.52. The van der Waals surface area contributed by atoms with Crippen LogP contribution in [0.25, 0.3) is 0 Å². The topological polar surface area (TPSA) is 88.1 Å². The molecule has 0 N–H and O–H groups in total. The zero-order valence-electron chi connectivity index (χ0n) is 18.5. The minimum absolute atomic E-state index is 0.251. The van der Waals surface area contributed by atoms with Crippen molar-refractivity contribution in [2.24, 2.45) is 0 Å². The second-order valence-electron chi connectivity index (χ2n) is 7.29. The van der Waals surface area contributed by atoms with E-state index in [4.69, 9.17) is 18.4 Å². The van der Waals surface area contributed by atoms with E-state index in [0.29, 0.717) is 23.7 Å². The molecule has 0 aliphatic carbocycles. The Bertz CT molecular complexity index is 1150. The fraction of sp³-hybridized carbons (Fsp3) is 0.240. The van der Waals surface area contributed by atoms with Crippen molar-refractivity contribution in [3.05, 3.63) is 89.5 Å². The van der Waals surface area contributed by atoms with E-state index in [0.717, 1.165) is 30.2 Å². The summed E-state index contributed by atoms with van der Waals surface area (Å²) in [6, 6.07) is 21.4. The Morgan fingerprint density at radius 1 is 0.818 bits per heavy atom. The van der Waals surface area contributed by atoms with Crippen LogP contribution >= 0.6 is 0 Å². The van der Waals surface area contributed by atoms with E-state index < -0.39 is 10.1 Å². The number of methoxy groups -OCH3 is 1. The maximum Gasteiger partial charge on any atom is 0.338 e. The molecule has 0 heterocycles. The third kappa shape index (κ3) is 7.84. The van der Waals surface area contributed by atoms with Crippen LogP contribution < -0.4 is 13.7 Å². The molecule has 0 radical (unpaired) electrons. The van der Waals surface area contributed by atoms with E-state index in [1.807, 2.05) is 36.4 Å². The first-order chi connectivity index (χ1) is 15.8. The van der Waals surface area contributed by atoms with Gasteiger partial charge >= 0.3 is 16.1 Å². The van der Waals surface area contributed by atoms with Gasteiger partial charge in [-0.25, -0.2) is 4.79 Å². The van der Waals surface area contributed by atoms with Gasteiger partial charge in [0, 0.05) is 5.56 Å². The van der Waals surface area contributed by atoms with Crippen molar-refractivity contribution in [3.8, 4) is 17.2 Å². The van der Waals surface area contributed by atoms with Crippen LogP contribution in [0.4, 0.5) is 0 Å². The highest BCUT2D eigenvalue weighted by atomic mass is 32.2. The Morgan fingerprint density at radius 2 is 1.42 bits per heavy atom. The maximum atomic E-state index is 11.9. The van der Waals surface area contributed by atoms with E-state index in [1.165, 1.54) is 7.11 Å². The molecular weight excluding hydrogens is 444 g/mol. The van der Waals surface area contributed by atoms with Crippen molar-refractivity contribution in [2.45, 2.75) is 19.4 Å². The van der Waals surface area contributed by atoms with Crippen LogP contribution in [0.3, 0.4) is 0 Å². The second kappa shape index (κ2) is 11.4. The van der Waals surface area contributed by atoms with Crippen LogP contribution in [0.2, 0.25) is 0 Å². The summed E-state index contributed by atoms with van der Waals surface area (Å²) in [5, 5.41) is 0. The predicted molar refractivity (Wildman–Crippen MR) is 124 cm³/mol. The molecule has 0 saturated carbocycles. The van der Waals surface area contributed by atoms with Gasteiger partial charge < -0.3 is 18.4 Å². The zero-order chi connectivity index (χ0) is 23.7. The first kappa shape index (κ1) is 24.1. The quantitative estimate of drug-likeness (QED) is 0.233. The highest BCUT2D eigenvalue weighted by Crippen LogP contribution is 2.20. The van der Waals surface area contributed by atoms with Gasteiger partial charge in [-0.1, -0.05) is 30.3 Å².